The van der Waals surface area contributed by atoms with Gasteiger partial charge in [0.2, 0.25) is 0 Å². The van der Waals surface area contributed by atoms with Crippen LogP contribution >= 0.6 is 0 Å². The quantitative estimate of drug-likeness (QED) is 0.368. The molecule has 1 N–H and O–H groups in total. The highest BCUT2D eigenvalue weighted by atomic mass is 16.5. The molecule has 1 aliphatic rings. The van der Waals surface area contributed by atoms with Crippen LogP contribution in [0.4, 0.5) is 5.69 Å². The molecule has 3 aromatic carbocycles. The molecule has 0 bridgehead atoms. The zero-order valence-corrected chi connectivity index (χ0v) is 22.3. The van der Waals surface area contributed by atoms with Crippen molar-refractivity contribution in [2.75, 3.05) is 45.8 Å². The first-order chi connectivity index (χ1) is 17.4. The molecule has 5 nitrogen and oxygen atoms in total. The highest BCUT2D eigenvalue weighted by Gasteiger charge is 2.26. The molecule has 0 aliphatic heterocycles. The molecule has 0 saturated heterocycles. The number of hydrogen-bond acceptors (Lipinski definition) is 5. The predicted molar refractivity (Wildman–Crippen MR) is 148 cm³/mol. The largest absolute Gasteiger partial charge is 0.508 e. The fourth-order valence-electron chi connectivity index (χ4n) is 5.27. The van der Waals surface area contributed by atoms with Gasteiger partial charge < -0.3 is 24.4 Å². The normalized spacial score (nSPS) is 15.9. The highest BCUT2D eigenvalue weighted by Crippen LogP contribution is 2.41. The number of ether oxygens (including phenoxy) is 2. The summed E-state index contributed by atoms with van der Waals surface area (Å²) < 4.78 is 11.5. The lowest BCUT2D eigenvalue weighted by Crippen LogP contribution is -2.28. The first-order valence-electron chi connectivity index (χ1n) is 13.0. The van der Waals surface area contributed by atoms with Crippen molar-refractivity contribution in [3.05, 3.63) is 82.9 Å². The Labute approximate surface area is 216 Å². The summed E-state index contributed by atoms with van der Waals surface area (Å²) >= 11 is 0. The minimum absolute atomic E-state index is 0.199. The molecule has 0 heterocycles. The Kier molecular flexibility index (Phi) is 8.42. The zero-order valence-electron chi connectivity index (χ0n) is 22.3. The van der Waals surface area contributed by atoms with E-state index in [0.717, 1.165) is 43.9 Å². The van der Waals surface area contributed by atoms with Crippen molar-refractivity contribution in [2.45, 2.75) is 45.1 Å². The number of likely N-dealkylation sites (N-methyl/N-ethyl adjacent to an activating group) is 1. The van der Waals surface area contributed by atoms with Crippen LogP contribution in [0.1, 0.15) is 54.5 Å². The number of rotatable bonds is 10. The highest BCUT2D eigenvalue weighted by molar-refractivity contribution is 5.61. The number of phenolic OH excluding ortho intramolecular Hbond substituents is 1. The van der Waals surface area contributed by atoms with Gasteiger partial charge in [-0.15, -0.1) is 0 Å². The van der Waals surface area contributed by atoms with Gasteiger partial charge in [0.05, 0.1) is 13.2 Å². The van der Waals surface area contributed by atoms with Gasteiger partial charge in [-0.3, -0.25) is 0 Å². The SMILES string of the molecule is CCN(c1cc(OC)ccc1[C@H]1CCc2cc(O)ccc2C1)C(C)c1ccc(OCCN(C)C)cc1. The summed E-state index contributed by atoms with van der Waals surface area (Å²) in [6, 6.07) is 21.1. The van der Waals surface area contributed by atoms with Crippen molar-refractivity contribution in [1.82, 2.24) is 4.90 Å². The zero-order chi connectivity index (χ0) is 25.7. The van der Waals surface area contributed by atoms with Gasteiger partial charge in [0.25, 0.3) is 0 Å². The Morgan fingerprint density at radius 2 is 1.72 bits per heavy atom. The number of benzene rings is 3. The molecular formula is C31H40N2O3. The van der Waals surface area contributed by atoms with Crippen molar-refractivity contribution < 1.29 is 14.6 Å². The summed E-state index contributed by atoms with van der Waals surface area (Å²) in [6.07, 6.45) is 3.04. The molecule has 0 aromatic heterocycles. The van der Waals surface area contributed by atoms with E-state index >= 15 is 0 Å². The molecule has 36 heavy (non-hydrogen) atoms. The Balaban J connectivity index is 1.59. The second-order valence-corrected chi connectivity index (χ2v) is 10.0. The summed E-state index contributed by atoms with van der Waals surface area (Å²) in [5.74, 6) is 2.57. The van der Waals surface area contributed by atoms with E-state index in [1.807, 2.05) is 12.1 Å². The number of methoxy groups -OCH3 is 1. The number of nitrogens with zero attached hydrogens (tertiary/aromatic N) is 2. The minimum atomic E-state index is 0.199. The van der Waals surface area contributed by atoms with Gasteiger partial charge in [-0.1, -0.05) is 24.3 Å². The maximum atomic E-state index is 9.90. The molecule has 1 aliphatic carbocycles. The van der Waals surface area contributed by atoms with Crippen LogP contribution < -0.4 is 14.4 Å². The van der Waals surface area contributed by atoms with E-state index < -0.39 is 0 Å². The number of aryl methyl sites for hydroxylation is 1. The molecule has 0 saturated carbocycles. The van der Waals surface area contributed by atoms with Gasteiger partial charge in [-0.25, -0.2) is 0 Å². The minimum Gasteiger partial charge on any atom is -0.508 e. The lowest BCUT2D eigenvalue weighted by atomic mass is 9.79. The molecule has 0 fully saturated rings. The maximum absolute atomic E-state index is 9.90. The topological polar surface area (TPSA) is 45.2 Å². The van der Waals surface area contributed by atoms with E-state index in [1.165, 1.54) is 27.9 Å². The second kappa shape index (κ2) is 11.7. The number of fused-ring (bicyclic) bond motifs is 1. The van der Waals surface area contributed by atoms with Crippen LogP contribution in [0.15, 0.2) is 60.7 Å². The fourth-order valence-corrected chi connectivity index (χ4v) is 5.27. The van der Waals surface area contributed by atoms with Crippen LogP contribution in [0.5, 0.6) is 17.2 Å². The summed E-state index contributed by atoms with van der Waals surface area (Å²) in [7, 11) is 5.84. The number of aromatic hydroxyl groups is 1. The molecule has 1 unspecified atom stereocenters. The molecular weight excluding hydrogens is 448 g/mol. The summed E-state index contributed by atoms with van der Waals surface area (Å²) in [5.41, 5.74) is 6.48. The molecule has 0 radical (unpaired) electrons. The second-order valence-electron chi connectivity index (χ2n) is 10.0. The van der Waals surface area contributed by atoms with Crippen molar-refractivity contribution in [1.29, 1.82) is 0 Å². The molecule has 0 amide bonds. The first-order valence-corrected chi connectivity index (χ1v) is 13.0. The smallest absolute Gasteiger partial charge is 0.120 e. The molecule has 0 spiro atoms. The van der Waals surface area contributed by atoms with Crippen LogP contribution in [0, 0.1) is 0 Å². The average Bonchev–Trinajstić information content (AvgIpc) is 2.89. The third kappa shape index (κ3) is 5.96. The molecule has 2 atom stereocenters. The third-order valence-electron chi connectivity index (χ3n) is 7.38. The maximum Gasteiger partial charge on any atom is 0.120 e. The van der Waals surface area contributed by atoms with Gasteiger partial charge >= 0.3 is 0 Å². The van der Waals surface area contributed by atoms with E-state index in [1.54, 1.807) is 7.11 Å². The van der Waals surface area contributed by atoms with Gasteiger partial charge in [0.1, 0.15) is 23.9 Å². The fraction of sp³-hybridized carbons (Fsp3) is 0.419. The van der Waals surface area contributed by atoms with Gasteiger partial charge in [-0.2, -0.15) is 0 Å². The van der Waals surface area contributed by atoms with Crippen LogP contribution in [-0.4, -0.2) is 50.9 Å². The van der Waals surface area contributed by atoms with Crippen LogP contribution in [0.2, 0.25) is 0 Å². The Hall–Kier alpha value is -3.18. The third-order valence-corrected chi connectivity index (χ3v) is 7.38. The van der Waals surface area contributed by atoms with E-state index in [0.29, 0.717) is 18.3 Å². The van der Waals surface area contributed by atoms with Gasteiger partial charge in [-0.05, 0) is 106 Å². The number of hydrogen-bond donors (Lipinski definition) is 1. The predicted octanol–water partition coefficient (Wildman–Crippen LogP) is 6.20. The van der Waals surface area contributed by atoms with E-state index in [9.17, 15) is 5.11 Å². The van der Waals surface area contributed by atoms with E-state index in [2.05, 4.69) is 86.3 Å². The standard InChI is InChI=1S/C31H40N2O3/c1-6-33(22(2)23-10-13-28(14-11-23)36-18-17-32(3)4)31-21-29(35-5)15-16-30(31)26-8-7-25-20-27(34)12-9-24(25)19-26/h9-16,20-22,26,34H,6-8,17-19H2,1-5H3/t22?,26-/m0/s1. The number of anilines is 1. The molecule has 3 aromatic rings. The molecule has 4 rings (SSSR count). The Morgan fingerprint density at radius 3 is 2.42 bits per heavy atom. The lowest BCUT2D eigenvalue weighted by Gasteiger charge is -2.35. The monoisotopic (exact) mass is 488 g/mol. The Morgan fingerprint density at radius 1 is 0.972 bits per heavy atom. The Bertz CT molecular complexity index is 1140. The lowest BCUT2D eigenvalue weighted by molar-refractivity contribution is 0.261. The van der Waals surface area contributed by atoms with Crippen LogP contribution in [0.25, 0.3) is 0 Å². The molecule has 5 heteroatoms. The summed E-state index contributed by atoms with van der Waals surface area (Å²) in [6.45, 7) is 6.96. The molecule has 192 valence electrons. The van der Waals surface area contributed by atoms with Crippen molar-refractivity contribution in [3.63, 3.8) is 0 Å². The van der Waals surface area contributed by atoms with Crippen LogP contribution in [0.3, 0.4) is 0 Å². The average molecular weight is 489 g/mol. The summed E-state index contributed by atoms with van der Waals surface area (Å²) in [5, 5.41) is 9.90. The van der Waals surface area contributed by atoms with Crippen molar-refractivity contribution in [2.24, 2.45) is 0 Å². The van der Waals surface area contributed by atoms with Crippen LogP contribution in [-0.2, 0) is 12.8 Å². The van der Waals surface area contributed by atoms with Gasteiger partial charge in [0.15, 0.2) is 0 Å². The van der Waals surface area contributed by atoms with E-state index in [-0.39, 0.29) is 6.04 Å². The summed E-state index contributed by atoms with van der Waals surface area (Å²) in [4.78, 5) is 4.60. The van der Waals surface area contributed by atoms with E-state index in [4.69, 9.17) is 9.47 Å². The van der Waals surface area contributed by atoms with Crippen molar-refractivity contribution >= 4 is 5.69 Å². The number of phenols is 1. The van der Waals surface area contributed by atoms with Gasteiger partial charge in [0, 0.05) is 24.8 Å². The first kappa shape index (κ1) is 25.9. The van der Waals surface area contributed by atoms with Crippen molar-refractivity contribution in [3.8, 4) is 17.2 Å².